The van der Waals surface area contributed by atoms with E-state index in [4.69, 9.17) is 23.2 Å². The molecular weight excluding hydrogens is 579 g/mol. The van der Waals surface area contributed by atoms with Crippen LogP contribution in [-0.4, -0.2) is 12.6 Å². The zero-order valence-corrected chi connectivity index (χ0v) is 21.3. The maximum absolute atomic E-state index is 11.4. The third-order valence-electron chi connectivity index (χ3n) is 3.98. The number of hydrogen-bond acceptors (Lipinski definition) is 3. The van der Waals surface area contributed by atoms with Gasteiger partial charge in [-0.25, -0.2) is 8.42 Å². The molecule has 0 heterocycles. The fourth-order valence-corrected chi connectivity index (χ4v) is 5.58. The van der Waals surface area contributed by atoms with Crippen LogP contribution in [0.5, 0.6) is 0 Å². The predicted molar refractivity (Wildman–Crippen MR) is 136 cm³/mol. The maximum atomic E-state index is 11.4. The molecule has 4 rings (SSSR count). The Balaban J connectivity index is 0.000000200. The van der Waals surface area contributed by atoms with Gasteiger partial charge in [0.05, 0.1) is 19.7 Å². The van der Waals surface area contributed by atoms with E-state index in [1.54, 1.807) is 18.2 Å². The molecule has 0 amide bonds. The van der Waals surface area contributed by atoms with Gasteiger partial charge < -0.3 is 0 Å². The molecule has 0 saturated heterocycles. The molecular formula is C21H16Br2Cl2O2S2. The first-order valence-electron chi connectivity index (χ1n) is 8.21. The lowest BCUT2D eigenvalue weighted by Gasteiger charge is -2.05. The lowest BCUT2D eigenvalue weighted by Crippen LogP contribution is -1.90. The Bertz CT molecular complexity index is 1200. The van der Waals surface area contributed by atoms with Crippen molar-refractivity contribution in [2.75, 3.05) is 0 Å². The minimum atomic E-state index is -3.32. The molecule has 0 aromatic heterocycles. The first kappa shape index (κ1) is 24.5. The van der Waals surface area contributed by atoms with E-state index in [-0.39, 0.29) is 17.0 Å². The van der Waals surface area contributed by atoms with E-state index >= 15 is 0 Å². The van der Waals surface area contributed by atoms with Crippen molar-refractivity contribution in [3.05, 3.63) is 84.9 Å². The number of rotatable bonds is 3. The second-order valence-corrected chi connectivity index (χ2v) is 12.4. The normalized spacial score (nSPS) is 11.0. The van der Waals surface area contributed by atoms with E-state index in [1.165, 1.54) is 22.5 Å². The highest BCUT2D eigenvalue weighted by atomic mass is 79.9. The molecule has 0 aliphatic rings. The lowest BCUT2D eigenvalue weighted by atomic mass is 10.1. The van der Waals surface area contributed by atoms with Crippen LogP contribution in [0.3, 0.4) is 0 Å². The molecule has 152 valence electrons. The third-order valence-corrected chi connectivity index (χ3v) is 7.23. The number of benzene rings is 4. The zero-order chi connectivity index (χ0) is 20.1. The number of alkyl halides is 2. The summed E-state index contributed by atoms with van der Waals surface area (Å²) in [4.78, 5) is 1.44. The van der Waals surface area contributed by atoms with E-state index in [9.17, 15) is 8.42 Å². The summed E-state index contributed by atoms with van der Waals surface area (Å²) in [5, 5.41) is 4.08. The summed E-state index contributed by atoms with van der Waals surface area (Å²) >= 11 is 15.6. The molecule has 0 aliphatic heterocycles. The maximum Gasteiger partial charge on any atom is 0.238 e. The van der Waals surface area contributed by atoms with Gasteiger partial charge in [0.1, 0.15) is 0 Å². The molecule has 0 aliphatic carbocycles. The van der Waals surface area contributed by atoms with Gasteiger partial charge in [-0.15, -0.1) is 17.0 Å². The van der Waals surface area contributed by atoms with E-state index in [0.717, 1.165) is 15.7 Å². The van der Waals surface area contributed by atoms with Crippen molar-refractivity contribution in [1.82, 2.24) is 0 Å². The average Bonchev–Trinajstić information content (AvgIpc) is 2.67. The van der Waals surface area contributed by atoms with Crippen LogP contribution in [0.4, 0.5) is 0 Å². The Morgan fingerprint density at radius 3 is 1.79 bits per heavy atom. The van der Waals surface area contributed by atoms with Crippen molar-refractivity contribution in [3.8, 4) is 0 Å². The highest BCUT2D eigenvalue weighted by molar-refractivity contribution is 9.47. The summed E-state index contributed by atoms with van der Waals surface area (Å²) in [5.74, 6) is 0. The SMILES string of the molecule is Br.ClC(Cl)Sc1cccc2ccccc12.O=S(=O)(Br)c1cccc2ccccc12. The monoisotopic (exact) mass is 592 g/mol. The van der Waals surface area contributed by atoms with Crippen LogP contribution in [0, 0.1) is 0 Å². The van der Waals surface area contributed by atoms with Crippen LogP contribution >= 0.6 is 66.8 Å². The molecule has 0 N–H and O–H groups in total. The molecule has 0 atom stereocenters. The van der Waals surface area contributed by atoms with Crippen molar-refractivity contribution in [3.63, 3.8) is 0 Å². The van der Waals surface area contributed by atoms with Crippen molar-refractivity contribution in [2.24, 2.45) is 0 Å². The minimum absolute atomic E-state index is 0. The summed E-state index contributed by atoms with van der Waals surface area (Å²) in [6.45, 7) is 0. The number of hydrogen-bond donors (Lipinski definition) is 0. The van der Waals surface area contributed by atoms with Gasteiger partial charge in [0.15, 0.2) is 4.17 Å². The third kappa shape index (κ3) is 6.61. The molecule has 0 bridgehead atoms. The standard InChI is InChI=1S/C11H8Cl2S.C10H7BrO2S.BrH/c12-11(13)14-10-7-3-5-8-4-1-2-6-9(8)10;11-14(12,13)10-7-3-5-8-4-1-2-6-9(8)10;/h1-7,11H;1-7H;1H. The summed E-state index contributed by atoms with van der Waals surface area (Å²) in [5.41, 5.74) is 0. The largest absolute Gasteiger partial charge is 0.238 e. The first-order valence-corrected chi connectivity index (χ1v) is 13.3. The number of fused-ring (bicyclic) bond motifs is 2. The zero-order valence-electron chi connectivity index (χ0n) is 14.8. The van der Waals surface area contributed by atoms with Crippen LogP contribution in [0.15, 0.2) is 94.7 Å². The quantitative estimate of drug-likeness (QED) is 0.136. The van der Waals surface area contributed by atoms with Crippen LogP contribution in [0.2, 0.25) is 0 Å². The van der Waals surface area contributed by atoms with Crippen LogP contribution < -0.4 is 0 Å². The van der Waals surface area contributed by atoms with Gasteiger partial charge in [-0.2, -0.15) is 0 Å². The number of halogens is 4. The topological polar surface area (TPSA) is 34.1 Å². The Hall–Kier alpha value is -0.760. The fraction of sp³-hybridized carbons (Fsp3) is 0.0476. The molecule has 8 heteroatoms. The average molecular weight is 595 g/mol. The number of thioether (sulfide) groups is 1. The molecule has 0 unspecified atom stereocenters. The van der Waals surface area contributed by atoms with Crippen molar-refractivity contribution >= 4 is 96.6 Å². The molecule has 29 heavy (non-hydrogen) atoms. The van der Waals surface area contributed by atoms with Crippen molar-refractivity contribution in [2.45, 2.75) is 14.0 Å². The Morgan fingerprint density at radius 1 is 0.724 bits per heavy atom. The molecule has 0 fully saturated rings. The van der Waals surface area contributed by atoms with Gasteiger partial charge >= 0.3 is 0 Å². The Labute approximate surface area is 202 Å². The van der Waals surface area contributed by atoms with Crippen LogP contribution in [0.25, 0.3) is 21.5 Å². The van der Waals surface area contributed by atoms with Crippen LogP contribution in [-0.2, 0) is 8.27 Å². The van der Waals surface area contributed by atoms with Crippen LogP contribution in [0.1, 0.15) is 0 Å². The van der Waals surface area contributed by atoms with E-state index in [1.807, 2.05) is 48.5 Å². The minimum Gasteiger partial charge on any atom is -0.212 e. The summed E-state index contributed by atoms with van der Waals surface area (Å²) in [6, 6.07) is 26.9. The van der Waals surface area contributed by atoms with Gasteiger partial charge in [-0.1, -0.05) is 108 Å². The predicted octanol–water partition coefficient (Wildman–Crippen LogP) is 8.19. The van der Waals surface area contributed by atoms with Gasteiger partial charge in [-0.3, -0.25) is 0 Å². The summed E-state index contributed by atoms with van der Waals surface area (Å²) in [6.07, 6.45) is 0. The lowest BCUT2D eigenvalue weighted by molar-refractivity contribution is 0.612. The smallest absolute Gasteiger partial charge is 0.212 e. The van der Waals surface area contributed by atoms with Crippen molar-refractivity contribution < 1.29 is 8.42 Å². The van der Waals surface area contributed by atoms with Gasteiger partial charge in [0, 0.05) is 10.3 Å². The highest BCUT2D eigenvalue weighted by Gasteiger charge is 2.12. The van der Waals surface area contributed by atoms with Crippen molar-refractivity contribution in [1.29, 1.82) is 0 Å². The van der Waals surface area contributed by atoms with Gasteiger partial charge in [-0.05, 0) is 28.3 Å². The Kier molecular flexibility index (Phi) is 9.32. The first-order chi connectivity index (χ1) is 13.4. The molecule has 4 aromatic rings. The summed E-state index contributed by atoms with van der Waals surface area (Å²) in [7, 11) is -3.32. The fourth-order valence-electron chi connectivity index (χ4n) is 2.80. The van der Waals surface area contributed by atoms with E-state index in [0.29, 0.717) is 4.90 Å². The molecule has 4 aromatic carbocycles. The molecule has 0 radical (unpaired) electrons. The van der Waals surface area contributed by atoms with E-state index < -0.39 is 12.4 Å². The van der Waals surface area contributed by atoms with E-state index in [2.05, 4.69) is 33.0 Å². The van der Waals surface area contributed by atoms with Gasteiger partial charge in [0.25, 0.3) is 0 Å². The molecule has 0 saturated carbocycles. The second-order valence-electron chi connectivity index (χ2n) is 5.77. The highest BCUT2D eigenvalue weighted by Crippen LogP contribution is 2.33. The molecule has 0 spiro atoms. The van der Waals surface area contributed by atoms with Gasteiger partial charge in [0.2, 0.25) is 8.27 Å². The summed E-state index contributed by atoms with van der Waals surface area (Å²) < 4.78 is 22.3. The second kappa shape index (κ2) is 11.0. The Morgan fingerprint density at radius 2 is 1.21 bits per heavy atom. The molecule has 2 nitrogen and oxygen atoms in total.